The minimum Gasteiger partial charge on any atom is -0.458 e. The molecule has 12 rings (SSSR count). The molecule has 0 aromatic heterocycles. The van der Waals surface area contributed by atoms with Crippen LogP contribution in [-0.4, -0.2) is 6.71 Å². The first-order valence-electron chi connectivity index (χ1n) is 18.4. The van der Waals surface area contributed by atoms with E-state index in [0.29, 0.717) is 0 Å². The molecule has 260 valence electrons. The highest BCUT2D eigenvalue weighted by Crippen LogP contribution is 2.76. The van der Waals surface area contributed by atoms with Gasteiger partial charge in [-0.05, 0) is 95.9 Å². The Labute approximate surface area is 320 Å². The van der Waals surface area contributed by atoms with Crippen LogP contribution in [0.2, 0.25) is 0 Å². The maximum Gasteiger partial charge on any atom is 0.260 e. The largest absolute Gasteiger partial charge is 0.458 e. The molecule has 0 spiro atoms. The minimum absolute atomic E-state index is 0.0204. The Bertz CT molecular complexity index is 2530. The zero-order chi connectivity index (χ0) is 36.1. The zero-order valence-electron chi connectivity index (χ0n) is 29.4. The second-order valence-corrected chi connectivity index (χ2v) is 17.1. The minimum atomic E-state index is -2.28. The van der Waals surface area contributed by atoms with Crippen LogP contribution in [0.5, 0.6) is 46.0 Å². The average molecular weight is 728 g/mol. The molecule has 0 saturated heterocycles. The molecule has 0 amide bonds. The topological polar surface area (TPSA) is 40.2 Å². The van der Waals surface area contributed by atoms with Crippen LogP contribution in [0.15, 0.2) is 202 Å². The van der Waals surface area contributed by atoms with Crippen molar-refractivity contribution in [1.29, 1.82) is 0 Å². The normalized spacial score (nSPS) is 13.9. The van der Waals surface area contributed by atoms with Crippen LogP contribution < -0.4 is 40.2 Å². The summed E-state index contributed by atoms with van der Waals surface area (Å²) in [6.07, 6.45) is 0. The third kappa shape index (κ3) is 4.33. The Balaban J connectivity index is 1.17. The molecule has 0 radical (unpaired) electrons. The summed E-state index contributed by atoms with van der Waals surface area (Å²) in [6.45, 7) is -0.0204. The van der Waals surface area contributed by atoms with E-state index in [1.165, 1.54) is 0 Å². The van der Waals surface area contributed by atoms with E-state index in [4.69, 9.17) is 18.9 Å². The van der Waals surface area contributed by atoms with Crippen LogP contribution in [0.3, 0.4) is 0 Å². The molecule has 8 aromatic rings. The second kappa shape index (κ2) is 11.6. The van der Waals surface area contributed by atoms with Gasteiger partial charge in [-0.1, -0.05) is 97.1 Å². The Kier molecular flexibility index (Phi) is 6.45. The molecular formula is C48H30BNO4S. The first-order chi connectivity index (χ1) is 27.3. The predicted molar refractivity (Wildman–Crippen MR) is 219 cm³/mol. The SMILES string of the molecule is c1ccc(S(c2ccccc2)(c2cc3c4c(c2)Oc2ccccc2B4c2ccccc2O3)c2cc3c4c(c2)Oc2ccccc2N4c2ccccc2O3)cc1. The molecule has 7 heteroatoms. The van der Waals surface area contributed by atoms with E-state index in [0.717, 1.165) is 99.0 Å². The molecule has 5 nitrogen and oxygen atoms in total. The molecule has 0 saturated carbocycles. The Morgan fingerprint density at radius 2 is 0.727 bits per heavy atom. The number of nitrogens with zero attached hydrogens (tertiary/aromatic N) is 1. The van der Waals surface area contributed by atoms with Gasteiger partial charge >= 0.3 is 0 Å². The molecule has 0 atom stereocenters. The van der Waals surface area contributed by atoms with Crippen molar-refractivity contribution in [3.8, 4) is 46.0 Å². The summed E-state index contributed by atoms with van der Waals surface area (Å²) in [6, 6.07) is 63.8. The molecule has 8 aromatic carbocycles. The fourth-order valence-corrected chi connectivity index (χ4v) is 12.7. The zero-order valence-corrected chi connectivity index (χ0v) is 30.2. The number of fused-ring (bicyclic) bond motifs is 8. The van der Waals surface area contributed by atoms with Gasteiger partial charge in [0.2, 0.25) is 0 Å². The summed E-state index contributed by atoms with van der Waals surface area (Å²) >= 11 is 0. The lowest BCUT2D eigenvalue weighted by Gasteiger charge is -2.45. The second-order valence-electron chi connectivity index (χ2n) is 14.0. The first kappa shape index (κ1) is 30.6. The summed E-state index contributed by atoms with van der Waals surface area (Å²) < 4.78 is 27.5. The van der Waals surface area contributed by atoms with E-state index in [1.807, 2.05) is 48.5 Å². The van der Waals surface area contributed by atoms with Gasteiger partial charge in [0.05, 0.1) is 11.4 Å². The van der Waals surface area contributed by atoms with Crippen LogP contribution >= 0.6 is 10.0 Å². The van der Waals surface area contributed by atoms with Crippen LogP contribution in [0.25, 0.3) is 0 Å². The number of rotatable bonds is 4. The van der Waals surface area contributed by atoms with Gasteiger partial charge in [0.25, 0.3) is 6.71 Å². The Morgan fingerprint density at radius 1 is 0.345 bits per heavy atom. The maximum absolute atomic E-state index is 6.90. The fraction of sp³-hybridized carbons (Fsp3) is 0. The summed E-state index contributed by atoms with van der Waals surface area (Å²) in [5, 5.41) is 0. The Hall–Kier alpha value is -6.83. The number of hydrogen-bond donors (Lipinski definition) is 0. The summed E-state index contributed by atoms with van der Waals surface area (Å²) in [5.74, 6) is 6.37. The number of ether oxygens (including phenoxy) is 4. The lowest BCUT2D eigenvalue weighted by molar-refractivity contribution is 0.443. The van der Waals surface area contributed by atoms with Gasteiger partial charge in [-0.25, -0.2) is 0 Å². The third-order valence-corrected chi connectivity index (χ3v) is 14.9. The van der Waals surface area contributed by atoms with E-state index in [2.05, 4.69) is 138 Å². The van der Waals surface area contributed by atoms with Crippen LogP contribution in [0, 0.1) is 0 Å². The quantitative estimate of drug-likeness (QED) is 0.169. The molecule has 0 fully saturated rings. The summed E-state index contributed by atoms with van der Waals surface area (Å²) in [4.78, 5) is 6.73. The smallest absolute Gasteiger partial charge is 0.260 e. The van der Waals surface area contributed by atoms with Gasteiger partial charge in [-0.3, -0.25) is 4.90 Å². The summed E-state index contributed by atoms with van der Waals surface area (Å²) in [7, 11) is -2.28. The van der Waals surface area contributed by atoms with Gasteiger partial charge in [-0.15, -0.1) is 10.0 Å². The predicted octanol–water partition coefficient (Wildman–Crippen LogP) is 11.4. The highest BCUT2D eigenvalue weighted by Gasteiger charge is 2.44. The maximum atomic E-state index is 6.90. The van der Waals surface area contributed by atoms with Gasteiger partial charge in [0.1, 0.15) is 28.7 Å². The van der Waals surface area contributed by atoms with Crippen molar-refractivity contribution in [2.24, 2.45) is 0 Å². The Morgan fingerprint density at radius 3 is 1.22 bits per heavy atom. The molecule has 0 unspecified atom stereocenters. The molecule has 4 heterocycles. The molecule has 0 N–H and O–H groups in total. The van der Waals surface area contributed by atoms with Crippen molar-refractivity contribution >= 4 is 50.2 Å². The van der Waals surface area contributed by atoms with Crippen molar-refractivity contribution in [1.82, 2.24) is 0 Å². The number of hydrogen-bond acceptors (Lipinski definition) is 5. The van der Waals surface area contributed by atoms with Crippen LogP contribution in [0.4, 0.5) is 17.1 Å². The van der Waals surface area contributed by atoms with E-state index in [1.54, 1.807) is 0 Å². The summed E-state index contributed by atoms with van der Waals surface area (Å²) in [5.41, 5.74) is 6.16. The van der Waals surface area contributed by atoms with Crippen molar-refractivity contribution in [2.45, 2.75) is 19.6 Å². The molecule has 4 aliphatic rings. The van der Waals surface area contributed by atoms with E-state index >= 15 is 0 Å². The van der Waals surface area contributed by atoms with Crippen molar-refractivity contribution < 1.29 is 18.9 Å². The van der Waals surface area contributed by atoms with Gasteiger partial charge in [0.15, 0.2) is 23.0 Å². The molecule has 55 heavy (non-hydrogen) atoms. The van der Waals surface area contributed by atoms with E-state index in [9.17, 15) is 0 Å². The molecule has 0 aliphatic carbocycles. The molecular weight excluding hydrogens is 697 g/mol. The standard InChI is InChI=1S/C48H30BNO4S/c1-3-15-31(16-4-1)55(32-17-5-2-6-18-32,33-27-43-47-44(28-33)52-40-24-12-8-20-36(40)49(47)35-19-7-11-23-39(35)51-43)34-29-45-48-46(30-34)54-42-26-14-10-22-38(42)50(48)37-21-9-13-25-41(37)53-45/h1-30H. The monoisotopic (exact) mass is 727 g/mol. The van der Waals surface area contributed by atoms with E-state index < -0.39 is 10.0 Å². The van der Waals surface area contributed by atoms with Gasteiger partial charge < -0.3 is 18.9 Å². The van der Waals surface area contributed by atoms with Crippen molar-refractivity contribution in [3.63, 3.8) is 0 Å². The third-order valence-electron chi connectivity index (χ3n) is 11.1. The molecule has 0 bridgehead atoms. The van der Waals surface area contributed by atoms with Crippen LogP contribution in [0.1, 0.15) is 0 Å². The highest BCUT2D eigenvalue weighted by atomic mass is 32.3. The average Bonchev–Trinajstić information content (AvgIpc) is 3.24. The number of benzene rings is 8. The lowest BCUT2D eigenvalue weighted by Crippen LogP contribution is -2.57. The van der Waals surface area contributed by atoms with Gasteiger partial charge in [-0.2, -0.15) is 0 Å². The first-order valence-corrected chi connectivity index (χ1v) is 20.1. The van der Waals surface area contributed by atoms with Gasteiger partial charge in [0, 0.05) is 25.0 Å². The number of anilines is 3. The van der Waals surface area contributed by atoms with Crippen molar-refractivity contribution in [3.05, 3.63) is 182 Å². The van der Waals surface area contributed by atoms with Crippen molar-refractivity contribution in [2.75, 3.05) is 4.90 Å². The molecule has 4 aliphatic heterocycles. The van der Waals surface area contributed by atoms with E-state index in [-0.39, 0.29) is 6.71 Å². The van der Waals surface area contributed by atoms with Crippen LogP contribution in [-0.2, 0) is 0 Å². The fourth-order valence-electron chi connectivity index (χ4n) is 8.79. The highest BCUT2D eigenvalue weighted by molar-refractivity contribution is 8.34. The number of para-hydroxylation sites is 6. The lowest BCUT2D eigenvalue weighted by atomic mass is 9.35.